The number of likely N-dealkylation sites (N-methyl/N-ethyl adjacent to an activating group) is 1. The molecule has 0 rings (SSSR count). The van der Waals surface area contributed by atoms with Crippen molar-refractivity contribution in [3.05, 3.63) is 0 Å². The lowest BCUT2D eigenvalue weighted by Crippen LogP contribution is -2.45. The fourth-order valence-electron chi connectivity index (χ4n) is 1.22. The van der Waals surface area contributed by atoms with Crippen LogP contribution in [-0.4, -0.2) is 67.2 Å². The smallest absolute Gasteiger partial charge is 0.323 e. The van der Waals surface area contributed by atoms with Crippen molar-refractivity contribution < 1.29 is 14.7 Å². The van der Waals surface area contributed by atoms with E-state index in [0.717, 1.165) is 12.8 Å². The van der Waals surface area contributed by atoms with Gasteiger partial charge in [-0.15, -0.1) is 0 Å². The first-order valence-corrected chi connectivity index (χ1v) is 5.86. The summed E-state index contributed by atoms with van der Waals surface area (Å²) in [7, 11) is 3.77. The van der Waals surface area contributed by atoms with Gasteiger partial charge < -0.3 is 20.2 Å². The summed E-state index contributed by atoms with van der Waals surface area (Å²) >= 11 is 0. The molecular weight excluding hydrogens is 222 g/mol. The van der Waals surface area contributed by atoms with E-state index in [2.05, 4.69) is 5.32 Å². The minimum atomic E-state index is -0.991. The van der Waals surface area contributed by atoms with Gasteiger partial charge >= 0.3 is 12.0 Å². The number of aliphatic carboxylic acids is 1. The molecule has 0 unspecified atom stereocenters. The molecule has 0 aromatic carbocycles. The zero-order valence-corrected chi connectivity index (χ0v) is 10.9. The average molecular weight is 245 g/mol. The Morgan fingerprint density at radius 3 is 2.35 bits per heavy atom. The van der Waals surface area contributed by atoms with Crippen LogP contribution in [0.2, 0.25) is 0 Å². The van der Waals surface area contributed by atoms with E-state index in [1.807, 2.05) is 25.9 Å². The molecule has 0 atom stereocenters. The van der Waals surface area contributed by atoms with Crippen LogP contribution in [0.3, 0.4) is 0 Å². The summed E-state index contributed by atoms with van der Waals surface area (Å²) in [5.41, 5.74) is 0. The zero-order chi connectivity index (χ0) is 13.3. The molecule has 0 aliphatic heterocycles. The normalized spacial score (nSPS) is 10.4. The fraction of sp³-hybridized carbons (Fsp3) is 0.818. The van der Waals surface area contributed by atoms with E-state index in [4.69, 9.17) is 5.11 Å². The molecule has 0 aliphatic carbocycles. The van der Waals surface area contributed by atoms with Gasteiger partial charge in [-0.3, -0.25) is 4.79 Å². The van der Waals surface area contributed by atoms with Gasteiger partial charge in [0.1, 0.15) is 6.54 Å². The molecule has 6 nitrogen and oxygen atoms in total. The van der Waals surface area contributed by atoms with Crippen molar-refractivity contribution in [2.75, 3.05) is 40.3 Å². The minimum absolute atomic E-state index is 0.258. The van der Waals surface area contributed by atoms with Crippen LogP contribution in [0.4, 0.5) is 4.79 Å². The highest BCUT2D eigenvalue weighted by atomic mass is 16.4. The second-order valence-corrected chi connectivity index (χ2v) is 4.20. The maximum atomic E-state index is 11.7. The highest BCUT2D eigenvalue weighted by molar-refractivity contribution is 5.80. The van der Waals surface area contributed by atoms with Gasteiger partial charge in [-0.25, -0.2) is 4.79 Å². The van der Waals surface area contributed by atoms with E-state index in [-0.39, 0.29) is 12.6 Å². The number of amides is 2. The van der Waals surface area contributed by atoms with E-state index >= 15 is 0 Å². The number of carboxylic acid groups (broad SMARTS) is 1. The van der Waals surface area contributed by atoms with Gasteiger partial charge in [-0.05, 0) is 20.5 Å². The first kappa shape index (κ1) is 15.7. The second-order valence-electron chi connectivity index (χ2n) is 4.20. The van der Waals surface area contributed by atoms with Crippen LogP contribution in [0.25, 0.3) is 0 Å². The minimum Gasteiger partial charge on any atom is -0.480 e. The maximum Gasteiger partial charge on any atom is 0.323 e. The molecule has 0 saturated carbocycles. The van der Waals surface area contributed by atoms with Crippen molar-refractivity contribution in [3.8, 4) is 0 Å². The van der Waals surface area contributed by atoms with Crippen molar-refractivity contribution in [2.45, 2.75) is 19.8 Å². The summed E-state index contributed by atoms with van der Waals surface area (Å²) in [5.74, 6) is -0.991. The molecule has 2 amide bonds. The lowest BCUT2D eigenvalue weighted by Gasteiger charge is -2.22. The highest BCUT2D eigenvalue weighted by Gasteiger charge is 2.15. The lowest BCUT2D eigenvalue weighted by atomic mass is 10.3. The van der Waals surface area contributed by atoms with Crippen LogP contribution >= 0.6 is 0 Å². The summed E-state index contributed by atoms with van der Waals surface area (Å²) < 4.78 is 0. The molecule has 0 aromatic heterocycles. The number of rotatable bonds is 8. The number of unbranched alkanes of at least 4 members (excludes halogenated alkanes) is 1. The standard InChI is InChI=1S/C11H23N3O3/c1-4-5-6-12-11(17)14(9-10(15)16)8-7-13(2)3/h4-9H2,1-3H3,(H,12,17)(H,15,16). The van der Waals surface area contributed by atoms with Crippen LogP contribution in [0.5, 0.6) is 0 Å². The van der Waals surface area contributed by atoms with Gasteiger partial charge in [0.05, 0.1) is 0 Å². The van der Waals surface area contributed by atoms with Crippen molar-refractivity contribution >= 4 is 12.0 Å². The van der Waals surface area contributed by atoms with Crippen LogP contribution < -0.4 is 5.32 Å². The summed E-state index contributed by atoms with van der Waals surface area (Å²) in [6.45, 7) is 3.43. The summed E-state index contributed by atoms with van der Waals surface area (Å²) in [6.07, 6.45) is 1.90. The van der Waals surface area contributed by atoms with Crippen LogP contribution in [0.15, 0.2) is 0 Å². The average Bonchev–Trinajstić information content (AvgIpc) is 2.23. The molecule has 17 heavy (non-hydrogen) atoms. The van der Waals surface area contributed by atoms with E-state index < -0.39 is 5.97 Å². The number of carbonyl (C=O) groups is 2. The Morgan fingerprint density at radius 2 is 1.88 bits per heavy atom. The molecule has 0 spiro atoms. The third-order valence-electron chi connectivity index (χ3n) is 2.24. The van der Waals surface area contributed by atoms with E-state index in [0.29, 0.717) is 19.6 Å². The Bertz CT molecular complexity index is 244. The van der Waals surface area contributed by atoms with Gasteiger partial charge in [-0.1, -0.05) is 13.3 Å². The van der Waals surface area contributed by atoms with E-state index in [9.17, 15) is 9.59 Å². The van der Waals surface area contributed by atoms with Crippen LogP contribution in [-0.2, 0) is 4.79 Å². The predicted octanol–water partition coefficient (Wildman–Crippen LogP) is 0.444. The third kappa shape index (κ3) is 8.50. The van der Waals surface area contributed by atoms with Crippen molar-refractivity contribution in [2.24, 2.45) is 0 Å². The van der Waals surface area contributed by atoms with Gasteiger partial charge in [0.2, 0.25) is 0 Å². The lowest BCUT2D eigenvalue weighted by molar-refractivity contribution is -0.137. The number of nitrogens with zero attached hydrogens (tertiary/aromatic N) is 2. The first-order valence-electron chi connectivity index (χ1n) is 5.86. The zero-order valence-electron chi connectivity index (χ0n) is 10.9. The van der Waals surface area contributed by atoms with Crippen LogP contribution in [0.1, 0.15) is 19.8 Å². The molecule has 0 heterocycles. The Kier molecular flexibility index (Phi) is 8.13. The molecule has 0 saturated heterocycles. The van der Waals surface area contributed by atoms with Crippen molar-refractivity contribution in [3.63, 3.8) is 0 Å². The molecule has 2 N–H and O–H groups in total. The second kappa shape index (κ2) is 8.81. The van der Waals surface area contributed by atoms with Crippen molar-refractivity contribution in [1.82, 2.24) is 15.1 Å². The number of hydrogen-bond acceptors (Lipinski definition) is 3. The third-order valence-corrected chi connectivity index (χ3v) is 2.24. The first-order chi connectivity index (χ1) is 7.97. The molecule has 6 heteroatoms. The monoisotopic (exact) mass is 245 g/mol. The topological polar surface area (TPSA) is 72.9 Å². The van der Waals surface area contributed by atoms with Crippen LogP contribution in [0, 0.1) is 0 Å². The van der Waals surface area contributed by atoms with Gasteiger partial charge in [-0.2, -0.15) is 0 Å². The number of nitrogens with one attached hydrogen (secondary N) is 1. The van der Waals surface area contributed by atoms with Gasteiger partial charge in [0.15, 0.2) is 0 Å². The molecule has 0 aliphatic rings. The Balaban J connectivity index is 4.14. The molecule has 0 aromatic rings. The highest BCUT2D eigenvalue weighted by Crippen LogP contribution is 1.92. The molecule has 0 fully saturated rings. The predicted molar refractivity (Wildman–Crippen MR) is 66.1 cm³/mol. The molecular formula is C11H23N3O3. The van der Waals surface area contributed by atoms with E-state index in [1.54, 1.807) is 0 Å². The number of urea groups is 1. The number of carbonyl (C=O) groups excluding carboxylic acids is 1. The Labute approximate surface area is 103 Å². The largest absolute Gasteiger partial charge is 0.480 e. The van der Waals surface area contributed by atoms with Gasteiger partial charge in [0.25, 0.3) is 0 Å². The Hall–Kier alpha value is -1.30. The molecule has 100 valence electrons. The molecule has 0 radical (unpaired) electrons. The Morgan fingerprint density at radius 1 is 1.24 bits per heavy atom. The number of hydrogen-bond donors (Lipinski definition) is 2. The van der Waals surface area contributed by atoms with Gasteiger partial charge in [0, 0.05) is 19.6 Å². The van der Waals surface area contributed by atoms with Crippen molar-refractivity contribution in [1.29, 1.82) is 0 Å². The maximum absolute atomic E-state index is 11.7. The summed E-state index contributed by atoms with van der Waals surface area (Å²) in [6, 6.07) is -0.303. The summed E-state index contributed by atoms with van der Waals surface area (Å²) in [4.78, 5) is 25.6. The summed E-state index contributed by atoms with van der Waals surface area (Å²) in [5, 5.41) is 11.5. The quantitative estimate of drug-likeness (QED) is 0.609. The number of carboxylic acids is 1. The fourth-order valence-corrected chi connectivity index (χ4v) is 1.22. The SMILES string of the molecule is CCCCNC(=O)N(CCN(C)C)CC(=O)O. The van der Waals surface area contributed by atoms with E-state index in [1.165, 1.54) is 4.90 Å². The molecule has 0 bridgehead atoms.